The van der Waals surface area contributed by atoms with Crippen LogP contribution in [-0.4, -0.2) is 84.9 Å². The zero-order valence-corrected chi connectivity index (χ0v) is 14.9. The molecule has 0 radical (unpaired) electrons. The first-order chi connectivity index (χ1) is 11.0. The molecule has 0 aliphatic carbocycles. The van der Waals surface area contributed by atoms with Gasteiger partial charge in [0, 0.05) is 51.2 Å². The first kappa shape index (κ1) is 18.2. The van der Waals surface area contributed by atoms with E-state index >= 15 is 0 Å². The highest BCUT2D eigenvalue weighted by atomic mass is 16.2. The molecule has 2 amide bonds. The molecule has 0 saturated carbocycles. The van der Waals surface area contributed by atoms with Gasteiger partial charge in [-0.25, -0.2) is 0 Å². The fourth-order valence-corrected chi connectivity index (χ4v) is 3.35. The van der Waals surface area contributed by atoms with E-state index in [1.54, 1.807) is 0 Å². The fourth-order valence-electron chi connectivity index (χ4n) is 3.35. The Labute approximate surface area is 140 Å². The van der Waals surface area contributed by atoms with Gasteiger partial charge in [0.25, 0.3) is 0 Å². The Hall–Kier alpha value is -1.14. The number of amides is 2. The highest BCUT2D eigenvalue weighted by molar-refractivity contribution is 5.85. The van der Waals surface area contributed by atoms with E-state index in [-0.39, 0.29) is 24.3 Å². The predicted molar refractivity (Wildman–Crippen MR) is 91.1 cm³/mol. The molecule has 0 bridgehead atoms. The van der Waals surface area contributed by atoms with Gasteiger partial charge in [-0.2, -0.15) is 0 Å². The molecule has 6 nitrogen and oxygen atoms in total. The van der Waals surface area contributed by atoms with Crippen LogP contribution in [0.3, 0.4) is 0 Å². The summed E-state index contributed by atoms with van der Waals surface area (Å²) in [5.74, 6) is 0.00706. The van der Waals surface area contributed by atoms with Gasteiger partial charge in [-0.1, -0.05) is 20.8 Å². The molecule has 6 heteroatoms. The third kappa shape index (κ3) is 4.91. The number of rotatable bonds is 6. The lowest BCUT2D eigenvalue weighted by Crippen LogP contribution is -2.51. The molecule has 2 saturated heterocycles. The standard InChI is InChI=1S/C17H32N4O2/c1-4-14(3)17(23)18-12-16(22)21-7-6-15(13-21)20-10-8-19(5-2)9-11-20/h14-15H,4-13H2,1-3H3,(H,18,23). The van der Waals surface area contributed by atoms with E-state index in [0.29, 0.717) is 6.04 Å². The van der Waals surface area contributed by atoms with Crippen molar-refractivity contribution in [1.82, 2.24) is 20.0 Å². The third-order valence-electron chi connectivity index (χ3n) is 5.36. The zero-order chi connectivity index (χ0) is 16.8. The molecule has 0 aromatic heterocycles. The van der Waals surface area contributed by atoms with Gasteiger partial charge in [0.2, 0.25) is 11.8 Å². The number of carbonyl (C=O) groups excluding carboxylic acids is 2. The van der Waals surface area contributed by atoms with Crippen molar-refractivity contribution in [3.8, 4) is 0 Å². The maximum atomic E-state index is 12.3. The van der Waals surface area contributed by atoms with Crippen LogP contribution in [0.5, 0.6) is 0 Å². The predicted octanol–water partition coefficient (Wildman–Crippen LogP) is 0.387. The van der Waals surface area contributed by atoms with Gasteiger partial charge < -0.3 is 15.1 Å². The van der Waals surface area contributed by atoms with Crippen molar-refractivity contribution in [3.05, 3.63) is 0 Å². The molecule has 2 rings (SSSR count). The van der Waals surface area contributed by atoms with Gasteiger partial charge in [-0.05, 0) is 19.4 Å². The maximum absolute atomic E-state index is 12.3. The van der Waals surface area contributed by atoms with E-state index in [2.05, 4.69) is 22.0 Å². The van der Waals surface area contributed by atoms with E-state index in [0.717, 1.165) is 58.7 Å². The van der Waals surface area contributed by atoms with Crippen LogP contribution in [0, 0.1) is 5.92 Å². The molecule has 2 atom stereocenters. The molecule has 2 unspecified atom stereocenters. The summed E-state index contributed by atoms with van der Waals surface area (Å²) in [6.45, 7) is 13.4. The summed E-state index contributed by atoms with van der Waals surface area (Å²) >= 11 is 0. The lowest BCUT2D eigenvalue weighted by atomic mass is 10.1. The van der Waals surface area contributed by atoms with Crippen molar-refractivity contribution < 1.29 is 9.59 Å². The molecule has 132 valence electrons. The lowest BCUT2D eigenvalue weighted by Gasteiger charge is -2.37. The van der Waals surface area contributed by atoms with Crippen LogP contribution < -0.4 is 5.32 Å². The smallest absolute Gasteiger partial charge is 0.242 e. The maximum Gasteiger partial charge on any atom is 0.242 e. The van der Waals surface area contributed by atoms with Crippen LogP contribution in [-0.2, 0) is 9.59 Å². The Morgan fingerprint density at radius 2 is 1.83 bits per heavy atom. The minimum Gasteiger partial charge on any atom is -0.347 e. The molecule has 0 spiro atoms. The van der Waals surface area contributed by atoms with Gasteiger partial charge in [0.1, 0.15) is 0 Å². The number of likely N-dealkylation sites (N-methyl/N-ethyl adjacent to an activating group) is 1. The molecule has 1 N–H and O–H groups in total. The minimum absolute atomic E-state index is 0.0210. The van der Waals surface area contributed by atoms with Crippen molar-refractivity contribution in [2.45, 2.75) is 39.7 Å². The molecule has 0 aromatic rings. The summed E-state index contributed by atoms with van der Waals surface area (Å²) in [6.07, 6.45) is 1.85. The van der Waals surface area contributed by atoms with E-state index in [1.807, 2.05) is 18.7 Å². The first-order valence-corrected chi connectivity index (χ1v) is 9.07. The fraction of sp³-hybridized carbons (Fsp3) is 0.882. The van der Waals surface area contributed by atoms with Crippen LogP contribution in [0.25, 0.3) is 0 Å². The number of likely N-dealkylation sites (tertiary alicyclic amines) is 1. The number of nitrogens with one attached hydrogen (secondary N) is 1. The molecule has 2 aliphatic heterocycles. The van der Waals surface area contributed by atoms with Crippen molar-refractivity contribution in [1.29, 1.82) is 0 Å². The topological polar surface area (TPSA) is 55.9 Å². The highest BCUT2D eigenvalue weighted by Gasteiger charge is 2.31. The normalized spacial score (nSPS) is 24.7. The van der Waals surface area contributed by atoms with Crippen LogP contribution >= 0.6 is 0 Å². The summed E-state index contributed by atoms with van der Waals surface area (Å²) in [7, 11) is 0. The molecule has 0 aromatic carbocycles. The second-order valence-corrected chi connectivity index (χ2v) is 6.78. The Bertz CT molecular complexity index is 407. The van der Waals surface area contributed by atoms with Crippen LogP contribution in [0.15, 0.2) is 0 Å². The largest absolute Gasteiger partial charge is 0.347 e. The van der Waals surface area contributed by atoms with Crippen molar-refractivity contribution in [2.24, 2.45) is 5.92 Å². The summed E-state index contributed by atoms with van der Waals surface area (Å²) in [5.41, 5.74) is 0. The second-order valence-electron chi connectivity index (χ2n) is 6.78. The van der Waals surface area contributed by atoms with E-state index in [4.69, 9.17) is 0 Å². The Kier molecular flexibility index (Phi) is 6.84. The Morgan fingerprint density at radius 3 is 2.43 bits per heavy atom. The summed E-state index contributed by atoms with van der Waals surface area (Å²) in [5, 5.41) is 2.77. The van der Waals surface area contributed by atoms with Crippen molar-refractivity contribution in [2.75, 3.05) is 52.4 Å². The minimum atomic E-state index is -0.0241. The van der Waals surface area contributed by atoms with Crippen LogP contribution in [0.1, 0.15) is 33.6 Å². The van der Waals surface area contributed by atoms with Crippen molar-refractivity contribution in [3.63, 3.8) is 0 Å². The van der Waals surface area contributed by atoms with Crippen LogP contribution in [0.2, 0.25) is 0 Å². The summed E-state index contributed by atoms with van der Waals surface area (Å²) in [4.78, 5) is 30.9. The van der Waals surface area contributed by atoms with Gasteiger partial charge in [-0.3, -0.25) is 14.5 Å². The van der Waals surface area contributed by atoms with Gasteiger partial charge in [0.15, 0.2) is 0 Å². The molecule has 23 heavy (non-hydrogen) atoms. The first-order valence-electron chi connectivity index (χ1n) is 9.07. The van der Waals surface area contributed by atoms with E-state index in [1.165, 1.54) is 0 Å². The second kappa shape index (κ2) is 8.64. The quantitative estimate of drug-likeness (QED) is 0.768. The highest BCUT2D eigenvalue weighted by Crippen LogP contribution is 2.17. The number of piperazine rings is 1. The number of carbonyl (C=O) groups is 2. The van der Waals surface area contributed by atoms with Gasteiger partial charge >= 0.3 is 0 Å². The monoisotopic (exact) mass is 324 g/mol. The van der Waals surface area contributed by atoms with Gasteiger partial charge in [-0.15, -0.1) is 0 Å². The molecule has 2 fully saturated rings. The SMILES string of the molecule is CCC(C)C(=O)NCC(=O)N1CCC(N2CCN(CC)CC2)C1. The molecular formula is C17H32N4O2. The Balaban J connectivity index is 1.72. The molecular weight excluding hydrogens is 292 g/mol. The van der Waals surface area contributed by atoms with E-state index < -0.39 is 0 Å². The molecule has 2 aliphatic rings. The van der Waals surface area contributed by atoms with Crippen molar-refractivity contribution >= 4 is 11.8 Å². The molecule has 2 heterocycles. The number of nitrogens with zero attached hydrogens (tertiary/aromatic N) is 3. The average molecular weight is 324 g/mol. The average Bonchev–Trinajstić information content (AvgIpc) is 3.08. The number of hydrogen-bond acceptors (Lipinski definition) is 4. The summed E-state index contributed by atoms with van der Waals surface area (Å²) in [6, 6.07) is 0.489. The number of hydrogen-bond donors (Lipinski definition) is 1. The Morgan fingerprint density at radius 1 is 1.13 bits per heavy atom. The lowest BCUT2D eigenvalue weighted by molar-refractivity contribution is -0.133. The van der Waals surface area contributed by atoms with Crippen LogP contribution in [0.4, 0.5) is 0 Å². The summed E-state index contributed by atoms with van der Waals surface area (Å²) < 4.78 is 0. The van der Waals surface area contributed by atoms with E-state index in [9.17, 15) is 9.59 Å². The third-order valence-corrected chi connectivity index (χ3v) is 5.36. The van der Waals surface area contributed by atoms with Gasteiger partial charge in [0.05, 0.1) is 6.54 Å². The zero-order valence-electron chi connectivity index (χ0n) is 14.9.